The van der Waals surface area contributed by atoms with Crippen LogP contribution in [0, 0.1) is 6.92 Å². The molecule has 1 amide bonds. The summed E-state index contributed by atoms with van der Waals surface area (Å²) in [5, 5.41) is 6.47. The van der Waals surface area contributed by atoms with Crippen molar-refractivity contribution >= 4 is 11.8 Å². The Morgan fingerprint density at radius 2 is 2.40 bits per heavy atom. The Morgan fingerprint density at radius 1 is 1.52 bits per heavy atom. The number of hydrogen-bond donors (Lipinski definition) is 1. The number of rotatable bonds is 7. The average molecular weight is 346 g/mol. The summed E-state index contributed by atoms with van der Waals surface area (Å²) < 4.78 is 16.3. The van der Waals surface area contributed by atoms with E-state index >= 15 is 0 Å². The highest BCUT2D eigenvalue weighted by Gasteiger charge is 2.33. The van der Waals surface area contributed by atoms with E-state index in [4.69, 9.17) is 14.0 Å². The van der Waals surface area contributed by atoms with E-state index in [0.29, 0.717) is 24.8 Å². The second-order valence-corrected chi connectivity index (χ2v) is 6.06. The predicted molar refractivity (Wildman–Crippen MR) is 90.4 cm³/mol. The standard InChI is InChI=1S/C17H22N4O4/c1-12-6-17(25-20-12)19-16(22)10-21-9-15(23-2)7-13(21)11-24-14-4-3-5-18-8-14/h3-6,8,13,15H,7,9-11H2,1-2H3,(H,19,22)/t13-,15+/m0/s1. The van der Waals surface area contributed by atoms with Crippen LogP contribution in [0.5, 0.6) is 5.75 Å². The number of hydrogen-bond acceptors (Lipinski definition) is 7. The van der Waals surface area contributed by atoms with Crippen LogP contribution in [0.4, 0.5) is 5.88 Å². The number of aromatic nitrogens is 2. The molecule has 1 fully saturated rings. The molecule has 3 rings (SSSR count). The van der Waals surface area contributed by atoms with Crippen molar-refractivity contribution in [2.45, 2.75) is 25.5 Å². The third kappa shape index (κ3) is 4.77. The lowest BCUT2D eigenvalue weighted by Crippen LogP contribution is -2.40. The van der Waals surface area contributed by atoms with Gasteiger partial charge >= 0.3 is 0 Å². The topological polar surface area (TPSA) is 89.7 Å². The summed E-state index contributed by atoms with van der Waals surface area (Å²) in [5.41, 5.74) is 0.721. The van der Waals surface area contributed by atoms with E-state index in [2.05, 4.69) is 20.4 Å². The van der Waals surface area contributed by atoms with Crippen LogP contribution in [-0.4, -0.2) is 59.9 Å². The zero-order valence-corrected chi connectivity index (χ0v) is 14.3. The third-order valence-electron chi connectivity index (χ3n) is 4.14. The number of anilines is 1. The van der Waals surface area contributed by atoms with Gasteiger partial charge in [0.25, 0.3) is 0 Å². The first-order chi connectivity index (χ1) is 12.1. The van der Waals surface area contributed by atoms with Crippen molar-refractivity contribution < 1.29 is 18.8 Å². The molecule has 8 nitrogen and oxygen atoms in total. The second-order valence-electron chi connectivity index (χ2n) is 6.06. The number of nitrogens with zero attached hydrogens (tertiary/aromatic N) is 3. The predicted octanol–water partition coefficient (Wildman–Crippen LogP) is 1.48. The molecule has 0 unspecified atom stereocenters. The summed E-state index contributed by atoms with van der Waals surface area (Å²) >= 11 is 0. The minimum atomic E-state index is -0.153. The summed E-state index contributed by atoms with van der Waals surface area (Å²) in [7, 11) is 1.69. The first-order valence-electron chi connectivity index (χ1n) is 8.17. The number of ether oxygens (including phenoxy) is 2. The molecule has 1 N–H and O–H groups in total. The molecule has 134 valence electrons. The number of amides is 1. The maximum atomic E-state index is 12.3. The highest BCUT2D eigenvalue weighted by molar-refractivity contribution is 5.91. The Labute approximate surface area is 146 Å². The average Bonchev–Trinajstić information content (AvgIpc) is 3.19. The van der Waals surface area contributed by atoms with Gasteiger partial charge in [0.2, 0.25) is 11.8 Å². The van der Waals surface area contributed by atoms with Gasteiger partial charge in [-0.25, -0.2) is 0 Å². The van der Waals surface area contributed by atoms with Crippen molar-refractivity contribution in [1.29, 1.82) is 0 Å². The largest absolute Gasteiger partial charge is 0.490 e. The first-order valence-corrected chi connectivity index (χ1v) is 8.17. The highest BCUT2D eigenvalue weighted by Crippen LogP contribution is 2.21. The Hall–Kier alpha value is -2.45. The Morgan fingerprint density at radius 3 is 3.08 bits per heavy atom. The molecule has 1 aliphatic rings. The second kappa shape index (κ2) is 8.09. The lowest BCUT2D eigenvalue weighted by Gasteiger charge is -2.23. The number of likely N-dealkylation sites (tertiary alicyclic amines) is 1. The van der Waals surface area contributed by atoms with Gasteiger partial charge in [0.1, 0.15) is 12.4 Å². The number of carbonyl (C=O) groups excluding carboxylic acids is 1. The molecule has 0 bridgehead atoms. The van der Waals surface area contributed by atoms with E-state index < -0.39 is 0 Å². The van der Waals surface area contributed by atoms with Crippen molar-refractivity contribution in [3.8, 4) is 5.75 Å². The Bertz CT molecular complexity index is 691. The summed E-state index contributed by atoms with van der Waals surface area (Å²) in [6.07, 6.45) is 4.27. The van der Waals surface area contributed by atoms with Crippen LogP contribution in [-0.2, 0) is 9.53 Å². The van der Waals surface area contributed by atoms with Gasteiger partial charge in [-0.15, -0.1) is 0 Å². The lowest BCUT2D eigenvalue weighted by molar-refractivity contribution is -0.117. The maximum absolute atomic E-state index is 12.3. The van der Waals surface area contributed by atoms with Crippen LogP contribution < -0.4 is 10.1 Å². The smallest absolute Gasteiger partial charge is 0.240 e. The molecular weight excluding hydrogens is 324 g/mol. The van der Waals surface area contributed by atoms with E-state index in [0.717, 1.165) is 12.1 Å². The number of nitrogens with one attached hydrogen (secondary N) is 1. The van der Waals surface area contributed by atoms with Gasteiger partial charge < -0.3 is 14.0 Å². The van der Waals surface area contributed by atoms with E-state index in [-0.39, 0.29) is 24.6 Å². The highest BCUT2D eigenvalue weighted by atomic mass is 16.5. The van der Waals surface area contributed by atoms with Gasteiger partial charge in [-0.05, 0) is 25.5 Å². The lowest BCUT2D eigenvalue weighted by atomic mass is 10.2. The molecule has 0 aliphatic carbocycles. The molecular formula is C17H22N4O4. The number of aryl methyl sites for hydroxylation is 1. The minimum Gasteiger partial charge on any atom is -0.490 e. The maximum Gasteiger partial charge on any atom is 0.240 e. The fourth-order valence-electron chi connectivity index (χ4n) is 2.88. The molecule has 1 saturated heterocycles. The van der Waals surface area contributed by atoms with Crippen LogP contribution in [0.25, 0.3) is 0 Å². The first kappa shape index (κ1) is 17.4. The SMILES string of the molecule is CO[C@@H]1C[C@@H](COc2cccnc2)N(CC(=O)Nc2cc(C)no2)C1. The normalized spacial score (nSPS) is 20.6. The van der Waals surface area contributed by atoms with Crippen LogP contribution in [0.1, 0.15) is 12.1 Å². The van der Waals surface area contributed by atoms with Gasteiger partial charge in [0.15, 0.2) is 0 Å². The molecule has 8 heteroatoms. The monoisotopic (exact) mass is 346 g/mol. The summed E-state index contributed by atoms with van der Waals surface area (Å²) in [5.74, 6) is 0.914. The van der Waals surface area contributed by atoms with Crippen molar-refractivity contribution in [3.63, 3.8) is 0 Å². The fourth-order valence-corrected chi connectivity index (χ4v) is 2.88. The molecule has 2 atom stereocenters. The summed E-state index contributed by atoms with van der Waals surface area (Å²) in [6, 6.07) is 5.46. The molecule has 0 aromatic carbocycles. The molecule has 1 aliphatic heterocycles. The van der Waals surface area contributed by atoms with Gasteiger partial charge in [-0.3, -0.25) is 20.0 Å². The van der Waals surface area contributed by atoms with Gasteiger partial charge in [0, 0.05) is 32.0 Å². The van der Waals surface area contributed by atoms with Gasteiger partial charge in [-0.1, -0.05) is 5.16 Å². The van der Waals surface area contributed by atoms with Crippen LogP contribution >= 0.6 is 0 Å². The van der Waals surface area contributed by atoms with Gasteiger partial charge in [-0.2, -0.15) is 0 Å². The molecule has 25 heavy (non-hydrogen) atoms. The molecule has 2 aromatic heterocycles. The van der Waals surface area contributed by atoms with Crippen molar-refractivity contribution in [2.24, 2.45) is 0 Å². The zero-order valence-electron chi connectivity index (χ0n) is 14.3. The van der Waals surface area contributed by atoms with Crippen molar-refractivity contribution in [1.82, 2.24) is 15.0 Å². The quantitative estimate of drug-likeness (QED) is 0.812. The Kier molecular flexibility index (Phi) is 5.62. The van der Waals surface area contributed by atoms with E-state index in [1.807, 2.05) is 12.1 Å². The third-order valence-corrected chi connectivity index (χ3v) is 4.14. The van der Waals surface area contributed by atoms with Crippen molar-refractivity contribution in [2.75, 3.05) is 32.1 Å². The van der Waals surface area contributed by atoms with E-state index in [9.17, 15) is 4.79 Å². The summed E-state index contributed by atoms with van der Waals surface area (Å²) in [6.45, 7) is 3.19. The molecule has 2 aromatic rings. The van der Waals surface area contributed by atoms with Crippen LogP contribution in [0.2, 0.25) is 0 Å². The van der Waals surface area contributed by atoms with Gasteiger partial charge in [0.05, 0.1) is 24.5 Å². The number of pyridine rings is 1. The van der Waals surface area contributed by atoms with E-state index in [1.165, 1.54) is 0 Å². The summed E-state index contributed by atoms with van der Waals surface area (Å²) in [4.78, 5) is 18.4. The molecule has 0 spiro atoms. The minimum absolute atomic E-state index is 0.0859. The van der Waals surface area contributed by atoms with E-state index in [1.54, 1.807) is 32.5 Å². The zero-order chi connectivity index (χ0) is 17.6. The van der Waals surface area contributed by atoms with Crippen molar-refractivity contribution in [3.05, 3.63) is 36.3 Å². The fraction of sp³-hybridized carbons (Fsp3) is 0.471. The Balaban J connectivity index is 1.56. The molecule has 3 heterocycles. The molecule has 0 radical (unpaired) electrons. The number of methoxy groups -OCH3 is 1. The van der Waals surface area contributed by atoms with Crippen LogP contribution in [0.3, 0.4) is 0 Å². The number of carbonyl (C=O) groups is 1. The molecule has 0 saturated carbocycles. The van der Waals surface area contributed by atoms with Crippen LogP contribution in [0.15, 0.2) is 35.1 Å².